The monoisotopic (exact) mass is 488 g/mol. The number of nitrogens with zero attached hydrogens (tertiary/aromatic N) is 3. The molecule has 8 heteroatoms. The van der Waals surface area contributed by atoms with E-state index in [1.54, 1.807) is 18.4 Å². The molecule has 0 bridgehead atoms. The molecule has 1 aliphatic heterocycles. The zero-order chi connectivity index (χ0) is 17.8. The number of rotatable bonds is 5. The van der Waals surface area contributed by atoms with Crippen LogP contribution in [0.4, 0.5) is 0 Å². The molecule has 2 heterocycles. The van der Waals surface area contributed by atoms with Gasteiger partial charge in [-0.05, 0) is 17.7 Å². The fourth-order valence-electron chi connectivity index (χ4n) is 2.61. The van der Waals surface area contributed by atoms with Gasteiger partial charge in [-0.25, -0.2) is 4.98 Å². The standard InChI is InChI=1S/C18H24N4O2S.HI/c1-12(2)17-21-14(10-25-17)8-20-18(19-3)22(4)9-13-5-6-15-16(7-13)24-11-23-15;/h5-7,10,12H,8-9,11H2,1-4H3,(H,19,20);1H. The predicted octanol–water partition coefficient (Wildman–Crippen LogP) is 3.82. The molecule has 142 valence electrons. The third kappa shape index (κ3) is 5.00. The molecule has 0 aliphatic carbocycles. The maximum atomic E-state index is 5.44. The van der Waals surface area contributed by atoms with Crippen molar-refractivity contribution in [2.24, 2.45) is 4.99 Å². The number of benzene rings is 1. The van der Waals surface area contributed by atoms with Crippen LogP contribution in [0.1, 0.15) is 36.0 Å². The summed E-state index contributed by atoms with van der Waals surface area (Å²) in [5.41, 5.74) is 2.19. The predicted molar refractivity (Wildman–Crippen MR) is 116 cm³/mol. The first-order valence-electron chi connectivity index (χ1n) is 8.31. The Kier molecular flexibility index (Phi) is 7.51. The Balaban J connectivity index is 0.00000243. The zero-order valence-electron chi connectivity index (χ0n) is 15.5. The molecular formula is C18H25IN4O2S. The lowest BCUT2D eigenvalue weighted by Gasteiger charge is -2.22. The molecule has 0 unspecified atom stereocenters. The Hall–Kier alpha value is -1.55. The van der Waals surface area contributed by atoms with Gasteiger partial charge in [0.2, 0.25) is 6.79 Å². The van der Waals surface area contributed by atoms with Crippen molar-refractivity contribution in [3.05, 3.63) is 39.8 Å². The number of ether oxygens (including phenoxy) is 2. The molecule has 2 aromatic rings. The lowest BCUT2D eigenvalue weighted by Crippen LogP contribution is -2.38. The number of hydrogen-bond donors (Lipinski definition) is 1. The van der Waals surface area contributed by atoms with Crippen LogP contribution in [0.5, 0.6) is 11.5 Å². The van der Waals surface area contributed by atoms with Gasteiger partial charge < -0.3 is 19.7 Å². The molecule has 3 rings (SSSR count). The largest absolute Gasteiger partial charge is 0.454 e. The minimum absolute atomic E-state index is 0. The number of aromatic nitrogens is 1. The van der Waals surface area contributed by atoms with E-state index in [-0.39, 0.29) is 24.0 Å². The molecule has 6 nitrogen and oxygen atoms in total. The van der Waals surface area contributed by atoms with Gasteiger partial charge in [0.15, 0.2) is 17.5 Å². The highest BCUT2D eigenvalue weighted by atomic mass is 127. The molecule has 0 radical (unpaired) electrons. The first kappa shape index (κ1) is 20.8. The van der Waals surface area contributed by atoms with E-state index in [0.717, 1.165) is 35.3 Å². The summed E-state index contributed by atoms with van der Waals surface area (Å²) in [6.07, 6.45) is 0. The van der Waals surface area contributed by atoms with Crippen molar-refractivity contribution in [2.75, 3.05) is 20.9 Å². The highest BCUT2D eigenvalue weighted by molar-refractivity contribution is 14.0. The lowest BCUT2D eigenvalue weighted by molar-refractivity contribution is 0.174. The Labute approximate surface area is 175 Å². The summed E-state index contributed by atoms with van der Waals surface area (Å²) >= 11 is 1.71. The van der Waals surface area contributed by atoms with Gasteiger partial charge in [0.05, 0.1) is 17.2 Å². The average molecular weight is 488 g/mol. The second-order valence-corrected chi connectivity index (χ2v) is 7.17. The normalized spacial score (nSPS) is 12.9. The Morgan fingerprint density at radius 1 is 1.35 bits per heavy atom. The smallest absolute Gasteiger partial charge is 0.231 e. The van der Waals surface area contributed by atoms with Gasteiger partial charge in [-0.15, -0.1) is 35.3 Å². The van der Waals surface area contributed by atoms with Crippen molar-refractivity contribution < 1.29 is 9.47 Å². The summed E-state index contributed by atoms with van der Waals surface area (Å²) in [5.74, 6) is 2.90. The van der Waals surface area contributed by atoms with Crippen LogP contribution in [0.15, 0.2) is 28.6 Å². The second-order valence-electron chi connectivity index (χ2n) is 6.28. The highest BCUT2D eigenvalue weighted by Gasteiger charge is 2.15. The lowest BCUT2D eigenvalue weighted by atomic mass is 10.2. The number of thiazole rings is 1. The minimum atomic E-state index is 0. The van der Waals surface area contributed by atoms with Gasteiger partial charge in [0.25, 0.3) is 0 Å². The molecule has 1 aromatic carbocycles. The van der Waals surface area contributed by atoms with E-state index in [1.165, 1.54) is 5.01 Å². The highest BCUT2D eigenvalue weighted by Crippen LogP contribution is 2.32. The van der Waals surface area contributed by atoms with E-state index in [1.807, 2.05) is 25.2 Å². The molecule has 1 aliphatic rings. The van der Waals surface area contributed by atoms with E-state index in [2.05, 4.69) is 39.4 Å². The van der Waals surface area contributed by atoms with Crippen molar-refractivity contribution in [3.8, 4) is 11.5 Å². The quantitative estimate of drug-likeness (QED) is 0.394. The van der Waals surface area contributed by atoms with E-state index in [9.17, 15) is 0 Å². The molecule has 0 spiro atoms. The molecule has 0 amide bonds. The summed E-state index contributed by atoms with van der Waals surface area (Å²) in [5, 5.41) is 6.65. The maximum absolute atomic E-state index is 5.44. The van der Waals surface area contributed by atoms with Gasteiger partial charge in [-0.2, -0.15) is 0 Å². The van der Waals surface area contributed by atoms with Gasteiger partial charge in [0, 0.05) is 31.9 Å². The Morgan fingerprint density at radius 3 is 2.81 bits per heavy atom. The fourth-order valence-corrected chi connectivity index (χ4v) is 3.45. The van der Waals surface area contributed by atoms with Crippen LogP contribution >= 0.6 is 35.3 Å². The van der Waals surface area contributed by atoms with Gasteiger partial charge >= 0.3 is 0 Å². The number of fused-ring (bicyclic) bond motifs is 1. The Bertz CT molecular complexity index is 763. The van der Waals surface area contributed by atoms with Gasteiger partial charge in [0.1, 0.15) is 0 Å². The molecule has 0 atom stereocenters. The molecule has 1 aromatic heterocycles. The Morgan fingerprint density at radius 2 is 2.12 bits per heavy atom. The van der Waals surface area contributed by atoms with Crippen molar-refractivity contribution in [2.45, 2.75) is 32.9 Å². The van der Waals surface area contributed by atoms with Crippen LogP contribution < -0.4 is 14.8 Å². The van der Waals surface area contributed by atoms with Crippen LogP contribution in [0, 0.1) is 0 Å². The zero-order valence-corrected chi connectivity index (χ0v) is 18.6. The molecule has 0 saturated heterocycles. The summed E-state index contributed by atoms with van der Waals surface area (Å²) in [4.78, 5) is 11.1. The van der Waals surface area contributed by atoms with Crippen LogP contribution in [-0.2, 0) is 13.1 Å². The second kappa shape index (κ2) is 9.40. The van der Waals surface area contributed by atoms with Crippen molar-refractivity contribution in [1.82, 2.24) is 15.2 Å². The number of hydrogen-bond acceptors (Lipinski definition) is 5. The number of halogens is 1. The van der Waals surface area contributed by atoms with Crippen molar-refractivity contribution in [1.29, 1.82) is 0 Å². The van der Waals surface area contributed by atoms with Gasteiger partial charge in [-0.3, -0.25) is 4.99 Å². The SMILES string of the molecule is CN=C(NCc1csc(C(C)C)n1)N(C)Cc1ccc2c(c1)OCO2.I. The molecule has 26 heavy (non-hydrogen) atoms. The third-order valence-corrected chi connectivity index (χ3v) is 5.12. The van der Waals surface area contributed by atoms with Crippen molar-refractivity contribution in [3.63, 3.8) is 0 Å². The van der Waals surface area contributed by atoms with Crippen molar-refractivity contribution >= 4 is 41.3 Å². The summed E-state index contributed by atoms with van der Waals surface area (Å²) in [6.45, 7) is 6.01. The molecule has 0 fully saturated rings. The fraction of sp³-hybridized carbons (Fsp3) is 0.444. The summed E-state index contributed by atoms with van der Waals surface area (Å²) < 4.78 is 10.8. The van der Waals surface area contributed by atoms with Crippen LogP contribution in [0.25, 0.3) is 0 Å². The van der Waals surface area contributed by atoms with E-state index in [0.29, 0.717) is 19.3 Å². The number of aliphatic imine (C=N–C) groups is 1. The molecule has 1 N–H and O–H groups in total. The first-order chi connectivity index (χ1) is 12.1. The molecular weight excluding hydrogens is 463 g/mol. The van der Waals surface area contributed by atoms with Crippen LogP contribution in [0.2, 0.25) is 0 Å². The van der Waals surface area contributed by atoms with E-state index < -0.39 is 0 Å². The minimum Gasteiger partial charge on any atom is -0.454 e. The van der Waals surface area contributed by atoms with E-state index in [4.69, 9.17) is 9.47 Å². The number of nitrogens with one attached hydrogen (secondary N) is 1. The first-order valence-corrected chi connectivity index (χ1v) is 9.19. The third-order valence-electron chi connectivity index (χ3n) is 3.92. The maximum Gasteiger partial charge on any atom is 0.231 e. The van der Waals surface area contributed by atoms with Crippen LogP contribution in [-0.4, -0.2) is 36.7 Å². The summed E-state index contributed by atoms with van der Waals surface area (Å²) in [6, 6.07) is 6.01. The molecule has 0 saturated carbocycles. The topological polar surface area (TPSA) is 59.0 Å². The summed E-state index contributed by atoms with van der Waals surface area (Å²) in [7, 11) is 3.81. The number of guanidine groups is 1. The average Bonchev–Trinajstić information content (AvgIpc) is 3.23. The van der Waals surface area contributed by atoms with E-state index >= 15 is 0 Å². The van der Waals surface area contributed by atoms with Crippen LogP contribution in [0.3, 0.4) is 0 Å². The van der Waals surface area contributed by atoms with Gasteiger partial charge in [-0.1, -0.05) is 19.9 Å².